The Kier molecular flexibility index (Phi) is 3.42. The van der Waals surface area contributed by atoms with Crippen LogP contribution >= 0.6 is 11.6 Å². The number of aliphatic hydroxyl groups excluding tert-OH is 2. The van der Waals surface area contributed by atoms with Crippen molar-refractivity contribution in [2.24, 2.45) is 0 Å². The molecule has 1 heterocycles. The minimum absolute atomic E-state index is 0.0627. The first kappa shape index (κ1) is 12.0. The van der Waals surface area contributed by atoms with E-state index in [0.29, 0.717) is 16.3 Å². The Morgan fingerprint density at radius 2 is 2.18 bits per heavy atom. The number of fused-ring (bicyclic) bond motifs is 1. The monoisotopic (exact) mass is 254 g/mol. The number of H-pyrrole nitrogens is 1. The number of alkyl halides is 1. The molecule has 3 N–H and O–H groups in total. The molecule has 2 atom stereocenters. The second kappa shape index (κ2) is 4.83. The van der Waals surface area contributed by atoms with Gasteiger partial charge < -0.3 is 10.2 Å². The summed E-state index contributed by atoms with van der Waals surface area (Å²) in [7, 11) is 0. The van der Waals surface area contributed by atoms with Gasteiger partial charge in [-0.1, -0.05) is 6.07 Å². The summed E-state index contributed by atoms with van der Waals surface area (Å²) in [6.45, 7) is 0. The largest absolute Gasteiger partial charge is 0.389 e. The van der Waals surface area contributed by atoms with Crippen LogP contribution in [0.2, 0.25) is 0 Å². The molecule has 0 aliphatic rings. The average molecular weight is 255 g/mol. The first-order chi connectivity index (χ1) is 8.13. The lowest BCUT2D eigenvalue weighted by Crippen LogP contribution is -2.19. The number of hydrogen-bond donors (Lipinski definition) is 3. The fraction of sp³-hybridized carbons (Fsp3) is 0.273. The summed E-state index contributed by atoms with van der Waals surface area (Å²) in [6, 6.07) is 4.77. The fourth-order valence-electron chi connectivity index (χ4n) is 1.61. The molecule has 0 saturated heterocycles. The molecule has 90 valence electrons. The maximum absolute atomic E-state index is 11.4. The van der Waals surface area contributed by atoms with E-state index in [1.165, 1.54) is 6.20 Å². The molecule has 2 aromatic rings. The van der Waals surface area contributed by atoms with Gasteiger partial charge in [-0.15, -0.1) is 11.6 Å². The van der Waals surface area contributed by atoms with E-state index in [-0.39, 0.29) is 11.4 Å². The summed E-state index contributed by atoms with van der Waals surface area (Å²) in [5.74, 6) is -0.0627. The molecule has 17 heavy (non-hydrogen) atoms. The number of benzene rings is 1. The van der Waals surface area contributed by atoms with E-state index in [1.807, 2.05) is 0 Å². The Balaban J connectivity index is 2.48. The summed E-state index contributed by atoms with van der Waals surface area (Å²) >= 11 is 5.46. The molecule has 0 amide bonds. The highest BCUT2D eigenvalue weighted by Gasteiger charge is 2.17. The van der Waals surface area contributed by atoms with Crippen LogP contribution in [-0.2, 0) is 0 Å². The number of halogens is 1. The van der Waals surface area contributed by atoms with Crippen molar-refractivity contribution < 1.29 is 10.2 Å². The van der Waals surface area contributed by atoms with Crippen molar-refractivity contribution in [2.75, 3.05) is 5.88 Å². The van der Waals surface area contributed by atoms with Crippen LogP contribution in [0.4, 0.5) is 0 Å². The van der Waals surface area contributed by atoms with Crippen LogP contribution in [0.3, 0.4) is 0 Å². The lowest BCUT2D eigenvalue weighted by atomic mass is 10.0. The van der Waals surface area contributed by atoms with E-state index in [2.05, 4.69) is 10.2 Å². The fourth-order valence-corrected chi connectivity index (χ4v) is 1.77. The normalized spacial score (nSPS) is 14.8. The second-order valence-corrected chi connectivity index (χ2v) is 4.02. The molecule has 0 aliphatic carbocycles. The van der Waals surface area contributed by atoms with Gasteiger partial charge in [-0.05, 0) is 17.7 Å². The van der Waals surface area contributed by atoms with Crippen molar-refractivity contribution in [3.05, 3.63) is 40.3 Å². The van der Waals surface area contributed by atoms with Crippen molar-refractivity contribution in [1.29, 1.82) is 0 Å². The molecule has 0 radical (unpaired) electrons. The lowest BCUT2D eigenvalue weighted by molar-refractivity contribution is 0.0328. The molecule has 0 bridgehead atoms. The Bertz CT molecular complexity index is 584. The third kappa shape index (κ3) is 2.31. The Hall–Kier alpha value is -1.43. The lowest BCUT2D eigenvalue weighted by Gasteiger charge is -2.15. The number of aliphatic hydroxyl groups is 2. The number of rotatable bonds is 3. The van der Waals surface area contributed by atoms with Gasteiger partial charge in [0.25, 0.3) is 5.56 Å². The van der Waals surface area contributed by atoms with Gasteiger partial charge in [0.15, 0.2) is 0 Å². The number of aromatic amines is 1. The molecule has 2 rings (SSSR count). The third-order valence-electron chi connectivity index (χ3n) is 2.55. The zero-order valence-electron chi connectivity index (χ0n) is 8.80. The molecule has 2 unspecified atom stereocenters. The highest BCUT2D eigenvalue weighted by Crippen LogP contribution is 2.21. The quantitative estimate of drug-likeness (QED) is 0.699. The van der Waals surface area contributed by atoms with Crippen LogP contribution in [0.1, 0.15) is 11.7 Å². The molecule has 0 spiro atoms. The zero-order chi connectivity index (χ0) is 12.4. The highest BCUT2D eigenvalue weighted by molar-refractivity contribution is 6.18. The molecule has 0 saturated carbocycles. The van der Waals surface area contributed by atoms with Crippen LogP contribution < -0.4 is 5.56 Å². The van der Waals surface area contributed by atoms with Crippen molar-refractivity contribution >= 4 is 22.4 Å². The van der Waals surface area contributed by atoms with Crippen LogP contribution in [0.15, 0.2) is 29.2 Å². The van der Waals surface area contributed by atoms with E-state index in [1.54, 1.807) is 18.2 Å². The minimum Gasteiger partial charge on any atom is -0.389 e. The van der Waals surface area contributed by atoms with Crippen molar-refractivity contribution in [3.8, 4) is 0 Å². The van der Waals surface area contributed by atoms with Crippen molar-refractivity contribution in [3.63, 3.8) is 0 Å². The zero-order valence-corrected chi connectivity index (χ0v) is 9.55. The Morgan fingerprint density at radius 3 is 2.88 bits per heavy atom. The van der Waals surface area contributed by atoms with Gasteiger partial charge in [0.1, 0.15) is 6.10 Å². The predicted octanol–water partition coefficient (Wildman–Crippen LogP) is 0.556. The van der Waals surface area contributed by atoms with E-state index in [4.69, 9.17) is 11.6 Å². The summed E-state index contributed by atoms with van der Waals surface area (Å²) in [5.41, 5.74) is 0.208. The van der Waals surface area contributed by atoms with Gasteiger partial charge >= 0.3 is 0 Å². The summed E-state index contributed by atoms with van der Waals surface area (Å²) in [5, 5.41) is 26.3. The van der Waals surface area contributed by atoms with Crippen LogP contribution in [0.5, 0.6) is 0 Å². The third-order valence-corrected chi connectivity index (χ3v) is 2.87. The molecule has 1 aromatic carbocycles. The van der Waals surface area contributed by atoms with E-state index >= 15 is 0 Å². The maximum Gasteiger partial charge on any atom is 0.272 e. The molecule has 0 fully saturated rings. The van der Waals surface area contributed by atoms with Crippen molar-refractivity contribution in [1.82, 2.24) is 10.2 Å². The van der Waals surface area contributed by atoms with Gasteiger partial charge in [-0.25, -0.2) is 5.10 Å². The number of hydrogen-bond acceptors (Lipinski definition) is 4. The van der Waals surface area contributed by atoms with E-state index < -0.39 is 12.2 Å². The number of aromatic nitrogens is 2. The first-order valence-electron chi connectivity index (χ1n) is 5.03. The molecule has 1 aromatic heterocycles. The van der Waals surface area contributed by atoms with Crippen molar-refractivity contribution in [2.45, 2.75) is 12.2 Å². The first-order valence-corrected chi connectivity index (χ1v) is 5.56. The van der Waals surface area contributed by atoms with Gasteiger partial charge in [0, 0.05) is 5.39 Å². The SMILES string of the molecule is O=c1[nH]ncc2cc(C(O)C(O)CCl)ccc12. The Labute approximate surface area is 102 Å². The van der Waals surface area contributed by atoms with E-state index in [0.717, 1.165) is 0 Å². The predicted molar refractivity (Wildman–Crippen MR) is 64.1 cm³/mol. The van der Waals surface area contributed by atoms with Gasteiger partial charge in [-0.2, -0.15) is 5.10 Å². The summed E-state index contributed by atoms with van der Waals surface area (Å²) in [6.07, 6.45) is -0.625. The number of nitrogens with zero attached hydrogens (tertiary/aromatic N) is 1. The number of nitrogens with one attached hydrogen (secondary N) is 1. The summed E-state index contributed by atoms with van der Waals surface area (Å²) < 4.78 is 0. The topological polar surface area (TPSA) is 86.2 Å². The molecule has 5 nitrogen and oxygen atoms in total. The highest BCUT2D eigenvalue weighted by atomic mass is 35.5. The Morgan fingerprint density at radius 1 is 1.41 bits per heavy atom. The van der Waals surface area contributed by atoms with Gasteiger partial charge in [0.2, 0.25) is 0 Å². The standard InChI is InChI=1S/C11H11ClN2O3/c12-4-9(15)10(16)6-1-2-8-7(3-6)5-13-14-11(8)17/h1-3,5,9-10,15-16H,4H2,(H,14,17). The van der Waals surface area contributed by atoms with Crippen LogP contribution in [0, 0.1) is 0 Å². The molecule has 0 aliphatic heterocycles. The molecule has 6 heteroatoms. The molecular formula is C11H11ClN2O3. The van der Waals surface area contributed by atoms with E-state index in [9.17, 15) is 15.0 Å². The van der Waals surface area contributed by atoms with Gasteiger partial charge in [-0.3, -0.25) is 4.79 Å². The summed E-state index contributed by atoms with van der Waals surface area (Å²) in [4.78, 5) is 11.4. The smallest absolute Gasteiger partial charge is 0.272 e. The minimum atomic E-state index is -1.07. The average Bonchev–Trinajstić information content (AvgIpc) is 2.37. The second-order valence-electron chi connectivity index (χ2n) is 3.71. The molecular weight excluding hydrogens is 244 g/mol. The maximum atomic E-state index is 11.4. The van der Waals surface area contributed by atoms with Crippen LogP contribution in [0.25, 0.3) is 10.8 Å². The van der Waals surface area contributed by atoms with Gasteiger partial charge in [0.05, 0.1) is 23.6 Å². The van der Waals surface area contributed by atoms with Crippen LogP contribution in [-0.4, -0.2) is 32.4 Å².